The van der Waals surface area contributed by atoms with Gasteiger partial charge >= 0.3 is 0 Å². The van der Waals surface area contributed by atoms with Gasteiger partial charge in [-0.3, -0.25) is 4.90 Å². The second-order valence-corrected chi connectivity index (χ2v) is 5.22. The lowest BCUT2D eigenvalue weighted by Gasteiger charge is -2.26. The molecular weight excluding hydrogens is 292 g/mol. The van der Waals surface area contributed by atoms with E-state index in [4.69, 9.17) is 10.5 Å². The molecule has 8 nitrogen and oxygen atoms in total. The van der Waals surface area contributed by atoms with Crippen LogP contribution in [0.2, 0.25) is 0 Å². The van der Waals surface area contributed by atoms with Gasteiger partial charge in [-0.05, 0) is 12.8 Å². The van der Waals surface area contributed by atoms with E-state index in [0.717, 1.165) is 0 Å². The molecule has 0 atom stereocenters. The number of hydrogen-bond acceptors (Lipinski definition) is 8. The molecule has 1 fully saturated rings. The van der Waals surface area contributed by atoms with Crippen molar-refractivity contribution in [2.45, 2.75) is 12.8 Å². The molecule has 0 bridgehead atoms. The predicted octanol–water partition coefficient (Wildman–Crippen LogP) is 0.426. The Bertz CT molecular complexity index is 558. The molecule has 0 N–H and O–H groups in total. The monoisotopic (exact) mass is 312 g/mol. The zero-order chi connectivity index (χ0) is 17.1. The van der Waals surface area contributed by atoms with Gasteiger partial charge in [0.2, 0.25) is 0 Å². The Balaban J connectivity index is 2.78. The zero-order valence-electron chi connectivity index (χ0n) is 13.1. The maximum Gasteiger partial charge on any atom is 0.184 e. The van der Waals surface area contributed by atoms with Crippen LogP contribution in [0.5, 0.6) is 0 Å². The largest absolute Gasteiger partial charge is 0.309 e. The molecule has 120 valence electrons. The third kappa shape index (κ3) is 6.04. The molecule has 23 heavy (non-hydrogen) atoms. The maximum atomic E-state index is 9.21. The normalized spacial score (nSPS) is 18.2. The van der Waals surface area contributed by atoms with Crippen LogP contribution >= 0.6 is 0 Å². The van der Waals surface area contributed by atoms with E-state index in [1.807, 2.05) is 0 Å². The number of rotatable bonds is 0. The van der Waals surface area contributed by atoms with Gasteiger partial charge in [0.1, 0.15) is 0 Å². The van der Waals surface area contributed by atoms with Crippen molar-refractivity contribution in [1.82, 2.24) is 19.6 Å². The summed E-state index contributed by atoms with van der Waals surface area (Å²) in [7, 11) is 0. The first kappa shape index (κ1) is 18.0. The van der Waals surface area contributed by atoms with E-state index in [1.54, 1.807) is 9.80 Å². The van der Waals surface area contributed by atoms with Crippen molar-refractivity contribution in [2.75, 3.05) is 45.8 Å². The van der Waals surface area contributed by atoms with Gasteiger partial charge in [0.05, 0.1) is 6.54 Å². The molecule has 1 aliphatic rings. The van der Waals surface area contributed by atoms with Crippen molar-refractivity contribution in [2.24, 2.45) is 0 Å². The Morgan fingerprint density at radius 2 is 1.13 bits per heavy atom. The van der Waals surface area contributed by atoms with Gasteiger partial charge in [0.15, 0.2) is 24.8 Å². The quantitative estimate of drug-likeness (QED) is 0.592. The molecule has 0 radical (unpaired) electrons. The van der Waals surface area contributed by atoms with Gasteiger partial charge in [-0.15, -0.1) is 0 Å². The molecule has 0 unspecified atom stereocenters. The van der Waals surface area contributed by atoms with E-state index in [2.05, 4.69) is 31.4 Å². The second kappa shape index (κ2) is 9.77. The minimum atomic E-state index is 0.290. The highest BCUT2D eigenvalue weighted by Crippen LogP contribution is 2.07. The number of nitriles is 4. The van der Waals surface area contributed by atoms with Crippen LogP contribution in [0.25, 0.3) is 0 Å². The van der Waals surface area contributed by atoms with Gasteiger partial charge in [-0.1, -0.05) is 6.58 Å². The molecule has 0 aromatic carbocycles. The summed E-state index contributed by atoms with van der Waals surface area (Å²) in [6.45, 7) is 7.11. The molecule has 0 amide bonds. The Hall–Kier alpha value is -3.10. The summed E-state index contributed by atoms with van der Waals surface area (Å²) in [6.07, 6.45) is 9.66. The Kier molecular flexibility index (Phi) is 7.62. The van der Waals surface area contributed by atoms with Crippen LogP contribution in [0, 0.1) is 45.8 Å². The summed E-state index contributed by atoms with van der Waals surface area (Å²) in [5.74, 6) is 0. The Labute approximate surface area is 137 Å². The molecule has 1 saturated heterocycles. The van der Waals surface area contributed by atoms with E-state index >= 15 is 0 Å². The minimum absolute atomic E-state index is 0.290. The lowest BCUT2D eigenvalue weighted by molar-refractivity contribution is 0.276. The van der Waals surface area contributed by atoms with E-state index in [-0.39, 0.29) is 0 Å². The molecule has 1 rings (SSSR count). The highest BCUT2D eigenvalue weighted by atomic mass is 15.2. The topological polar surface area (TPSA) is 108 Å². The molecule has 0 aromatic rings. The van der Waals surface area contributed by atoms with Gasteiger partial charge in [-0.2, -0.15) is 21.0 Å². The molecule has 0 aliphatic carbocycles. The second-order valence-electron chi connectivity index (χ2n) is 5.22. The first-order valence-corrected chi connectivity index (χ1v) is 7.43. The van der Waals surface area contributed by atoms with Crippen molar-refractivity contribution < 1.29 is 0 Å². The van der Waals surface area contributed by atoms with E-state index < -0.39 is 0 Å². The average Bonchev–Trinajstić information content (AvgIpc) is 2.57. The average molecular weight is 312 g/mol. The van der Waals surface area contributed by atoms with Crippen LogP contribution in [0.15, 0.2) is 12.3 Å². The highest BCUT2D eigenvalue weighted by Gasteiger charge is 2.14. The van der Waals surface area contributed by atoms with Crippen LogP contribution in [0.3, 0.4) is 0 Å². The highest BCUT2D eigenvalue weighted by molar-refractivity contribution is 5.04. The van der Waals surface area contributed by atoms with E-state index in [1.165, 1.54) is 9.80 Å². The smallest absolute Gasteiger partial charge is 0.184 e. The number of hydrogen-bond donors (Lipinski definition) is 0. The summed E-state index contributed by atoms with van der Waals surface area (Å²) < 4.78 is 0. The standard InChI is InChI=1S/C15H20N8/c1-15-10-22(13-18)6-2-4-20(11-16)8-9-21(12-17)5-3-7-23(15)14-19/h1-10H2. The van der Waals surface area contributed by atoms with Crippen molar-refractivity contribution in [3.63, 3.8) is 0 Å². The van der Waals surface area contributed by atoms with E-state index in [0.29, 0.717) is 64.4 Å². The molecule has 0 saturated carbocycles. The van der Waals surface area contributed by atoms with Gasteiger partial charge in [0, 0.05) is 45.0 Å². The lowest BCUT2D eigenvalue weighted by Crippen LogP contribution is -2.35. The molecule has 8 heteroatoms. The fourth-order valence-electron chi connectivity index (χ4n) is 2.29. The lowest BCUT2D eigenvalue weighted by atomic mass is 10.3. The van der Waals surface area contributed by atoms with E-state index in [9.17, 15) is 10.5 Å². The van der Waals surface area contributed by atoms with Crippen molar-refractivity contribution >= 4 is 0 Å². The van der Waals surface area contributed by atoms with Gasteiger partial charge < -0.3 is 14.7 Å². The van der Waals surface area contributed by atoms with Crippen LogP contribution in [-0.2, 0) is 0 Å². The van der Waals surface area contributed by atoms with Crippen molar-refractivity contribution in [3.8, 4) is 24.8 Å². The fraction of sp³-hybridized carbons (Fsp3) is 0.600. The molecule has 0 spiro atoms. The molecule has 0 aromatic heterocycles. The summed E-state index contributed by atoms with van der Waals surface area (Å²) in [6, 6.07) is 0. The van der Waals surface area contributed by atoms with Crippen molar-refractivity contribution in [3.05, 3.63) is 12.3 Å². The summed E-state index contributed by atoms with van der Waals surface area (Å²) in [4.78, 5) is 6.20. The van der Waals surface area contributed by atoms with Crippen LogP contribution in [0.4, 0.5) is 0 Å². The summed E-state index contributed by atoms with van der Waals surface area (Å²) >= 11 is 0. The van der Waals surface area contributed by atoms with Crippen molar-refractivity contribution in [1.29, 1.82) is 21.0 Å². The Morgan fingerprint density at radius 3 is 1.61 bits per heavy atom. The first-order valence-electron chi connectivity index (χ1n) is 7.43. The molecule has 1 aliphatic heterocycles. The van der Waals surface area contributed by atoms with Gasteiger partial charge in [-0.25, -0.2) is 0 Å². The van der Waals surface area contributed by atoms with Crippen LogP contribution < -0.4 is 0 Å². The molecule has 1 heterocycles. The third-order valence-electron chi connectivity index (χ3n) is 3.61. The predicted molar refractivity (Wildman–Crippen MR) is 82.3 cm³/mol. The maximum absolute atomic E-state index is 9.21. The van der Waals surface area contributed by atoms with Gasteiger partial charge in [0.25, 0.3) is 0 Å². The number of nitrogens with zero attached hydrogens (tertiary/aromatic N) is 8. The zero-order valence-corrected chi connectivity index (χ0v) is 13.1. The van der Waals surface area contributed by atoms with Crippen LogP contribution in [-0.4, -0.2) is 65.4 Å². The first-order chi connectivity index (χ1) is 11.1. The molecular formula is C15H20N8. The minimum Gasteiger partial charge on any atom is -0.309 e. The third-order valence-corrected chi connectivity index (χ3v) is 3.61. The Morgan fingerprint density at radius 1 is 0.652 bits per heavy atom. The SMILES string of the molecule is C=C1CN(C#N)CCCN(C#N)CCN(C#N)CCCN1C#N. The summed E-state index contributed by atoms with van der Waals surface area (Å²) in [5, 5.41) is 36.6. The summed E-state index contributed by atoms with van der Waals surface area (Å²) in [5.41, 5.74) is 0.562. The van der Waals surface area contributed by atoms with Crippen LogP contribution in [0.1, 0.15) is 12.8 Å². The fourth-order valence-corrected chi connectivity index (χ4v) is 2.29.